The summed E-state index contributed by atoms with van der Waals surface area (Å²) in [5, 5.41) is 0. The predicted octanol–water partition coefficient (Wildman–Crippen LogP) is 3.78. The van der Waals surface area contributed by atoms with Gasteiger partial charge in [-0.05, 0) is 24.1 Å². The van der Waals surface area contributed by atoms with Crippen molar-refractivity contribution < 1.29 is 0 Å². The van der Waals surface area contributed by atoms with Crippen LogP contribution in [0.3, 0.4) is 0 Å². The number of allylic oxidation sites excluding steroid dienone is 1. The summed E-state index contributed by atoms with van der Waals surface area (Å²) in [7, 11) is 0. The third kappa shape index (κ3) is 3.24. The van der Waals surface area contributed by atoms with Gasteiger partial charge in [-0.1, -0.05) is 33.1 Å². The Morgan fingerprint density at radius 1 is 1.46 bits per heavy atom. The molecule has 13 heavy (non-hydrogen) atoms. The van der Waals surface area contributed by atoms with Crippen LogP contribution in [0, 0.1) is 0 Å². The van der Waals surface area contributed by atoms with Gasteiger partial charge in [-0.3, -0.25) is 4.98 Å². The van der Waals surface area contributed by atoms with Crippen LogP contribution in [0.1, 0.15) is 31.9 Å². The van der Waals surface area contributed by atoms with Crippen molar-refractivity contribution in [1.29, 1.82) is 0 Å². The van der Waals surface area contributed by atoms with Gasteiger partial charge in [-0.15, -0.1) is 0 Å². The highest BCUT2D eigenvalue weighted by Crippen LogP contribution is 2.15. The Balaban J connectivity index is 0.000000671. The Morgan fingerprint density at radius 3 is 2.46 bits per heavy atom. The van der Waals surface area contributed by atoms with Crippen LogP contribution in [-0.4, -0.2) is 4.98 Å². The third-order valence-corrected chi connectivity index (χ3v) is 1.53. The molecule has 1 rings (SSSR count). The molecule has 0 radical (unpaired) electrons. The van der Waals surface area contributed by atoms with Crippen molar-refractivity contribution in [3.8, 4) is 0 Å². The van der Waals surface area contributed by atoms with Gasteiger partial charge in [0.1, 0.15) is 0 Å². The second-order valence-electron chi connectivity index (χ2n) is 2.45. The summed E-state index contributed by atoms with van der Waals surface area (Å²) in [6.07, 6.45) is 5.37. The molecule has 0 aromatic carbocycles. The molecular weight excluding hydrogens is 158 g/mol. The van der Waals surface area contributed by atoms with Gasteiger partial charge in [-0.2, -0.15) is 0 Å². The lowest BCUT2D eigenvalue weighted by Gasteiger charge is -2.02. The zero-order valence-electron chi connectivity index (χ0n) is 8.67. The van der Waals surface area contributed by atoms with Gasteiger partial charge in [0.25, 0.3) is 0 Å². The van der Waals surface area contributed by atoms with E-state index < -0.39 is 0 Å². The molecule has 1 heterocycles. The number of hydrogen-bond acceptors (Lipinski definition) is 1. The van der Waals surface area contributed by atoms with Crippen molar-refractivity contribution in [2.45, 2.75) is 20.8 Å². The second-order valence-corrected chi connectivity index (χ2v) is 2.45. The third-order valence-electron chi connectivity index (χ3n) is 1.53. The maximum Gasteiger partial charge on any atom is 0.0348 e. The summed E-state index contributed by atoms with van der Waals surface area (Å²) in [6, 6.07) is 1.93. The van der Waals surface area contributed by atoms with E-state index in [1.54, 1.807) is 12.4 Å². The molecule has 0 spiro atoms. The lowest BCUT2D eigenvalue weighted by Crippen LogP contribution is -1.84. The van der Waals surface area contributed by atoms with Crippen molar-refractivity contribution in [2.75, 3.05) is 0 Å². The molecule has 0 aliphatic carbocycles. The zero-order chi connectivity index (χ0) is 10.3. The van der Waals surface area contributed by atoms with Crippen LogP contribution in [-0.2, 0) is 0 Å². The Hall–Kier alpha value is -1.37. The van der Waals surface area contributed by atoms with Crippen molar-refractivity contribution in [3.63, 3.8) is 0 Å². The van der Waals surface area contributed by atoms with Crippen LogP contribution >= 0.6 is 0 Å². The van der Waals surface area contributed by atoms with Crippen molar-refractivity contribution in [3.05, 3.63) is 42.7 Å². The van der Waals surface area contributed by atoms with Crippen molar-refractivity contribution in [2.24, 2.45) is 0 Å². The number of rotatable bonds is 2. The van der Waals surface area contributed by atoms with Crippen molar-refractivity contribution >= 4 is 11.6 Å². The number of aromatic nitrogens is 1. The van der Waals surface area contributed by atoms with Crippen LogP contribution in [0.15, 0.2) is 31.6 Å². The average molecular weight is 175 g/mol. The first-order valence-electron chi connectivity index (χ1n) is 4.48. The molecule has 1 nitrogen and oxygen atoms in total. The van der Waals surface area contributed by atoms with Gasteiger partial charge in [0.15, 0.2) is 0 Å². The molecule has 0 aliphatic heterocycles. The number of nitrogens with zero attached hydrogens (tertiary/aromatic N) is 1. The Labute approximate surface area is 80.8 Å². The van der Waals surface area contributed by atoms with Gasteiger partial charge in [0.05, 0.1) is 0 Å². The van der Waals surface area contributed by atoms with E-state index in [0.29, 0.717) is 0 Å². The molecule has 0 aliphatic rings. The average Bonchev–Trinajstić information content (AvgIpc) is 2.20. The highest BCUT2D eigenvalue weighted by molar-refractivity contribution is 5.70. The second kappa shape index (κ2) is 6.18. The number of hydrogen-bond donors (Lipinski definition) is 0. The molecule has 1 aromatic heterocycles. The Morgan fingerprint density at radius 2 is 2.08 bits per heavy atom. The molecule has 0 saturated carbocycles. The SMILES string of the molecule is C=Cc1ccncc1C(=C)C.CC. The van der Waals surface area contributed by atoms with Gasteiger partial charge in [-0.25, -0.2) is 0 Å². The summed E-state index contributed by atoms with van der Waals surface area (Å²) in [4.78, 5) is 4.01. The smallest absolute Gasteiger partial charge is 0.0348 e. The highest BCUT2D eigenvalue weighted by Gasteiger charge is 1.97. The maximum absolute atomic E-state index is 4.01. The van der Waals surface area contributed by atoms with E-state index in [9.17, 15) is 0 Å². The minimum absolute atomic E-state index is 1.02. The minimum Gasteiger partial charge on any atom is -0.264 e. The summed E-state index contributed by atoms with van der Waals surface area (Å²) < 4.78 is 0. The molecule has 0 atom stereocenters. The van der Waals surface area contributed by atoms with Gasteiger partial charge >= 0.3 is 0 Å². The molecule has 0 bridgehead atoms. The standard InChI is InChI=1S/C10H11N.C2H6/c1-4-9-5-6-11-7-10(9)8(2)3;1-2/h4-7H,1-2H2,3H3;1-2H3. The van der Waals surface area contributed by atoms with E-state index >= 15 is 0 Å². The lowest BCUT2D eigenvalue weighted by atomic mass is 10.1. The first-order chi connectivity index (χ1) is 6.25. The molecule has 1 aromatic rings. The maximum atomic E-state index is 4.01. The summed E-state index contributed by atoms with van der Waals surface area (Å²) in [5.74, 6) is 0. The fraction of sp³-hybridized carbons (Fsp3) is 0.250. The van der Waals surface area contributed by atoms with E-state index in [1.165, 1.54) is 0 Å². The first kappa shape index (κ1) is 11.6. The Kier molecular flexibility index (Phi) is 5.53. The molecule has 0 fully saturated rings. The molecule has 70 valence electrons. The van der Waals surface area contributed by atoms with Crippen LogP contribution in [0.2, 0.25) is 0 Å². The monoisotopic (exact) mass is 175 g/mol. The van der Waals surface area contributed by atoms with Crippen molar-refractivity contribution in [1.82, 2.24) is 4.98 Å². The first-order valence-corrected chi connectivity index (χ1v) is 4.48. The molecule has 0 saturated heterocycles. The number of pyridine rings is 1. The van der Waals surface area contributed by atoms with Crippen LogP contribution in [0.4, 0.5) is 0 Å². The lowest BCUT2D eigenvalue weighted by molar-refractivity contribution is 1.30. The largest absolute Gasteiger partial charge is 0.264 e. The normalized spacial score (nSPS) is 8.23. The van der Waals surface area contributed by atoms with Gasteiger partial charge in [0.2, 0.25) is 0 Å². The van der Waals surface area contributed by atoms with E-state index in [-0.39, 0.29) is 0 Å². The molecule has 0 N–H and O–H groups in total. The summed E-state index contributed by atoms with van der Waals surface area (Å²) in [5.41, 5.74) is 3.18. The van der Waals surface area contributed by atoms with Gasteiger partial charge in [0, 0.05) is 18.0 Å². The predicted molar refractivity (Wildman–Crippen MR) is 60.4 cm³/mol. The zero-order valence-corrected chi connectivity index (χ0v) is 8.67. The van der Waals surface area contributed by atoms with E-state index in [2.05, 4.69) is 18.1 Å². The van der Waals surface area contributed by atoms with Crippen LogP contribution < -0.4 is 0 Å². The fourth-order valence-electron chi connectivity index (χ4n) is 0.940. The summed E-state index contributed by atoms with van der Waals surface area (Å²) >= 11 is 0. The Bertz CT molecular complexity index is 287. The quantitative estimate of drug-likeness (QED) is 0.666. The van der Waals surface area contributed by atoms with E-state index in [0.717, 1.165) is 16.7 Å². The topological polar surface area (TPSA) is 12.9 Å². The minimum atomic E-state index is 1.02. The van der Waals surface area contributed by atoms with Crippen LogP contribution in [0.25, 0.3) is 11.6 Å². The summed E-state index contributed by atoms with van der Waals surface area (Å²) in [6.45, 7) is 13.5. The fourth-order valence-corrected chi connectivity index (χ4v) is 0.940. The van der Waals surface area contributed by atoms with Gasteiger partial charge < -0.3 is 0 Å². The van der Waals surface area contributed by atoms with E-state index in [1.807, 2.05) is 32.9 Å². The molecule has 1 heteroatoms. The molecule has 0 unspecified atom stereocenters. The molecular formula is C12H17N. The molecule has 0 amide bonds. The highest BCUT2D eigenvalue weighted by atomic mass is 14.6. The van der Waals surface area contributed by atoms with E-state index in [4.69, 9.17) is 0 Å². The van der Waals surface area contributed by atoms with Crippen LogP contribution in [0.5, 0.6) is 0 Å².